The molecule has 31 heavy (non-hydrogen) atoms. The topological polar surface area (TPSA) is 109 Å². The summed E-state index contributed by atoms with van der Waals surface area (Å²) in [6, 6.07) is 13.2. The van der Waals surface area contributed by atoms with E-state index in [0.717, 1.165) is 5.56 Å². The van der Waals surface area contributed by atoms with Gasteiger partial charge in [0.25, 0.3) is 11.6 Å². The molecule has 1 aliphatic heterocycles. The number of hydrogen-bond acceptors (Lipinski definition) is 6. The van der Waals surface area contributed by atoms with Gasteiger partial charge in [-0.15, -0.1) is 0 Å². The molecule has 9 heteroatoms. The van der Waals surface area contributed by atoms with Crippen LogP contribution in [0.3, 0.4) is 0 Å². The zero-order valence-electron chi connectivity index (χ0n) is 17.0. The number of benzene rings is 2. The van der Waals surface area contributed by atoms with Gasteiger partial charge < -0.3 is 14.8 Å². The number of nitro benzene ring substituents is 1. The van der Waals surface area contributed by atoms with Crippen LogP contribution in [0.2, 0.25) is 0 Å². The van der Waals surface area contributed by atoms with Crippen LogP contribution in [0.25, 0.3) is 11.8 Å². The van der Waals surface area contributed by atoms with E-state index in [4.69, 9.17) is 9.47 Å². The van der Waals surface area contributed by atoms with Gasteiger partial charge in [-0.1, -0.05) is 12.1 Å². The molecule has 0 aliphatic carbocycles. The van der Waals surface area contributed by atoms with Crippen molar-refractivity contribution < 1.29 is 19.2 Å². The highest BCUT2D eigenvalue weighted by Crippen LogP contribution is 2.36. The summed E-state index contributed by atoms with van der Waals surface area (Å²) in [4.78, 5) is 23.3. The summed E-state index contributed by atoms with van der Waals surface area (Å²) in [7, 11) is 0. The van der Waals surface area contributed by atoms with Crippen LogP contribution in [0, 0.1) is 17.0 Å². The molecule has 1 amide bonds. The highest BCUT2D eigenvalue weighted by atomic mass is 16.6. The van der Waals surface area contributed by atoms with E-state index < -0.39 is 4.92 Å². The molecule has 3 aromatic rings. The van der Waals surface area contributed by atoms with E-state index in [0.29, 0.717) is 40.9 Å². The number of nitrogens with one attached hydrogen (secondary N) is 1. The number of non-ortho nitro benzene ring substituents is 1. The third-order valence-corrected chi connectivity index (χ3v) is 4.68. The highest BCUT2D eigenvalue weighted by molar-refractivity contribution is 6.07. The number of hydrogen-bond donors (Lipinski definition) is 1. The maximum absolute atomic E-state index is 12.9. The molecular formula is C22H20N4O5. The zero-order valence-corrected chi connectivity index (χ0v) is 17.0. The van der Waals surface area contributed by atoms with Crippen LogP contribution in [0.1, 0.15) is 18.2 Å². The highest BCUT2D eigenvalue weighted by Gasteiger charge is 2.21. The van der Waals surface area contributed by atoms with Crippen LogP contribution >= 0.6 is 0 Å². The van der Waals surface area contributed by atoms with E-state index in [1.54, 1.807) is 31.2 Å². The third-order valence-electron chi connectivity index (χ3n) is 4.68. The lowest BCUT2D eigenvalue weighted by atomic mass is 10.1. The molecule has 0 spiro atoms. The number of carbonyl (C=O) groups is 1. The number of carbonyl (C=O) groups excluding carboxylic acids is 1. The second-order valence-corrected chi connectivity index (χ2v) is 6.88. The first kappa shape index (κ1) is 20.1. The molecule has 0 atom stereocenters. The number of ether oxygens (including phenoxy) is 2. The Balaban J connectivity index is 1.58. The smallest absolute Gasteiger partial charge is 0.269 e. The van der Waals surface area contributed by atoms with Crippen molar-refractivity contribution in [2.24, 2.45) is 0 Å². The lowest BCUT2D eigenvalue weighted by molar-refractivity contribution is -0.384. The van der Waals surface area contributed by atoms with E-state index in [2.05, 4.69) is 10.4 Å². The van der Waals surface area contributed by atoms with Crippen molar-refractivity contribution in [3.05, 3.63) is 75.5 Å². The predicted molar refractivity (Wildman–Crippen MR) is 115 cm³/mol. The SMILES string of the molecule is CCOc1cccc2c1OCC(C(=O)Nc1cc(C)nn1-c1ccc([N+](=O)[O-])cc1)=C2. The molecule has 2 aromatic carbocycles. The van der Waals surface area contributed by atoms with E-state index >= 15 is 0 Å². The number of rotatable bonds is 6. The van der Waals surface area contributed by atoms with Crippen molar-refractivity contribution in [2.75, 3.05) is 18.5 Å². The second kappa shape index (κ2) is 8.31. The van der Waals surface area contributed by atoms with Gasteiger partial charge in [0.2, 0.25) is 0 Å². The lowest BCUT2D eigenvalue weighted by Crippen LogP contribution is -2.22. The van der Waals surface area contributed by atoms with Crippen LogP contribution in [0.5, 0.6) is 11.5 Å². The summed E-state index contributed by atoms with van der Waals surface area (Å²) < 4.78 is 12.9. The van der Waals surface area contributed by atoms with Crippen LogP contribution < -0.4 is 14.8 Å². The number of aromatic nitrogens is 2. The lowest BCUT2D eigenvalue weighted by Gasteiger charge is -2.20. The molecule has 0 fully saturated rings. The fourth-order valence-electron chi connectivity index (χ4n) is 3.28. The van der Waals surface area contributed by atoms with Crippen molar-refractivity contribution in [2.45, 2.75) is 13.8 Å². The normalized spacial score (nSPS) is 12.4. The number of fused-ring (bicyclic) bond motifs is 1. The standard InChI is InChI=1S/C22H20N4O5/c1-3-30-19-6-4-5-15-12-16(13-31-21(15)19)22(27)23-20-11-14(2)24-25(20)17-7-9-18(10-8-17)26(28)29/h4-12H,3,13H2,1-2H3,(H,23,27). The number of para-hydroxylation sites is 1. The fourth-order valence-corrected chi connectivity index (χ4v) is 3.28. The van der Waals surface area contributed by atoms with Crippen molar-refractivity contribution >= 4 is 23.5 Å². The quantitative estimate of drug-likeness (QED) is 0.479. The molecule has 1 aromatic heterocycles. The second-order valence-electron chi connectivity index (χ2n) is 6.88. The van der Waals surface area contributed by atoms with Crippen molar-refractivity contribution in [1.82, 2.24) is 9.78 Å². The van der Waals surface area contributed by atoms with Gasteiger partial charge in [-0.25, -0.2) is 4.68 Å². The number of anilines is 1. The van der Waals surface area contributed by atoms with E-state index in [-0.39, 0.29) is 18.2 Å². The summed E-state index contributed by atoms with van der Waals surface area (Å²) in [5, 5.41) is 18.1. The predicted octanol–water partition coefficient (Wildman–Crippen LogP) is 3.90. The first-order chi connectivity index (χ1) is 15.0. The third kappa shape index (κ3) is 4.11. The minimum absolute atomic E-state index is 0.0205. The average molecular weight is 420 g/mol. The summed E-state index contributed by atoms with van der Waals surface area (Å²) in [6.07, 6.45) is 1.77. The summed E-state index contributed by atoms with van der Waals surface area (Å²) in [5.74, 6) is 1.39. The largest absolute Gasteiger partial charge is 0.490 e. The van der Waals surface area contributed by atoms with Gasteiger partial charge in [-0.2, -0.15) is 5.10 Å². The Bertz CT molecular complexity index is 1180. The molecular weight excluding hydrogens is 400 g/mol. The van der Waals surface area contributed by atoms with Gasteiger partial charge in [-0.3, -0.25) is 14.9 Å². The summed E-state index contributed by atoms with van der Waals surface area (Å²) in [5.41, 5.74) is 2.48. The van der Waals surface area contributed by atoms with Gasteiger partial charge in [-0.05, 0) is 38.1 Å². The molecule has 4 rings (SSSR count). The first-order valence-electron chi connectivity index (χ1n) is 9.68. The Hall–Kier alpha value is -4.14. The minimum atomic E-state index is -0.467. The molecule has 0 saturated heterocycles. The molecule has 1 N–H and O–H groups in total. The van der Waals surface area contributed by atoms with Crippen molar-refractivity contribution in [3.8, 4) is 17.2 Å². The summed E-state index contributed by atoms with van der Waals surface area (Å²) >= 11 is 0. The molecule has 1 aliphatic rings. The minimum Gasteiger partial charge on any atom is -0.490 e. The van der Waals surface area contributed by atoms with E-state index in [1.165, 1.54) is 16.8 Å². The van der Waals surface area contributed by atoms with Gasteiger partial charge in [0, 0.05) is 23.8 Å². The maximum atomic E-state index is 12.9. The fraction of sp³-hybridized carbons (Fsp3) is 0.182. The van der Waals surface area contributed by atoms with E-state index in [1.807, 2.05) is 25.1 Å². The monoisotopic (exact) mass is 420 g/mol. The summed E-state index contributed by atoms with van der Waals surface area (Å²) in [6.45, 7) is 4.31. The van der Waals surface area contributed by atoms with Gasteiger partial charge in [0.05, 0.1) is 28.5 Å². The molecule has 2 heterocycles. The molecule has 158 valence electrons. The Labute approximate surface area is 178 Å². The van der Waals surface area contributed by atoms with Gasteiger partial charge >= 0.3 is 0 Å². The van der Waals surface area contributed by atoms with Gasteiger partial charge in [0.15, 0.2) is 11.5 Å². The van der Waals surface area contributed by atoms with Crippen LogP contribution in [-0.2, 0) is 4.79 Å². The molecule has 0 unspecified atom stereocenters. The van der Waals surface area contributed by atoms with Crippen LogP contribution in [0.15, 0.2) is 54.1 Å². The molecule has 0 radical (unpaired) electrons. The number of nitrogens with zero attached hydrogens (tertiary/aromatic N) is 3. The Kier molecular flexibility index (Phi) is 5.40. The number of nitro groups is 1. The van der Waals surface area contributed by atoms with Crippen LogP contribution in [0.4, 0.5) is 11.5 Å². The Morgan fingerprint density at radius 1 is 1.29 bits per heavy atom. The maximum Gasteiger partial charge on any atom is 0.269 e. The molecule has 0 saturated carbocycles. The first-order valence-corrected chi connectivity index (χ1v) is 9.68. The molecule has 9 nitrogen and oxygen atoms in total. The van der Waals surface area contributed by atoms with E-state index in [9.17, 15) is 14.9 Å². The molecule has 0 bridgehead atoms. The zero-order chi connectivity index (χ0) is 22.0. The Morgan fingerprint density at radius 2 is 2.06 bits per heavy atom. The Morgan fingerprint density at radius 3 is 2.77 bits per heavy atom. The van der Waals surface area contributed by atoms with Crippen molar-refractivity contribution in [3.63, 3.8) is 0 Å². The van der Waals surface area contributed by atoms with Crippen molar-refractivity contribution in [1.29, 1.82) is 0 Å². The average Bonchev–Trinajstić information content (AvgIpc) is 3.13. The number of amides is 1. The number of aryl methyl sites for hydroxylation is 1. The van der Waals surface area contributed by atoms with Gasteiger partial charge in [0.1, 0.15) is 12.4 Å². The van der Waals surface area contributed by atoms with Crippen LogP contribution in [-0.4, -0.2) is 33.8 Å².